The normalized spacial score (nSPS) is 17.9. The molecule has 1 fully saturated rings. The third-order valence-electron chi connectivity index (χ3n) is 4.76. The Morgan fingerprint density at radius 2 is 2.04 bits per heavy atom. The van der Waals surface area contributed by atoms with E-state index in [2.05, 4.69) is 14.9 Å². The summed E-state index contributed by atoms with van der Waals surface area (Å²) in [6.07, 6.45) is 4.88. The maximum atomic E-state index is 12.3. The van der Waals surface area contributed by atoms with Crippen LogP contribution in [0.5, 0.6) is 0 Å². The predicted molar refractivity (Wildman–Crippen MR) is 104 cm³/mol. The molecule has 2 heterocycles. The molecule has 1 saturated heterocycles. The SMILES string of the molecule is CN(C)C(=O)CN1CCCCC1c1nc(N)ncc1-c1ccc(Cl)cc1. The Labute approximate surface area is 159 Å². The predicted octanol–water partition coefficient (Wildman–Crippen LogP) is 2.99. The van der Waals surface area contributed by atoms with Gasteiger partial charge in [0.25, 0.3) is 0 Å². The number of piperidine rings is 1. The number of nitrogens with zero attached hydrogens (tertiary/aromatic N) is 4. The Morgan fingerprint density at radius 1 is 1.31 bits per heavy atom. The number of likely N-dealkylation sites (tertiary alicyclic amines) is 1. The van der Waals surface area contributed by atoms with Gasteiger partial charge < -0.3 is 10.6 Å². The molecule has 1 unspecified atom stereocenters. The summed E-state index contributed by atoms with van der Waals surface area (Å²) in [4.78, 5) is 24.8. The highest BCUT2D eigenvalue weighted by molar-refractivity contribution is 6.30. The summed E-state index contributed by atoms with van der Waals surface area (Å²) < 4.78 is 0. The number of anilines is 1. The lowest BCUT2D eigenvalue weighted by Gasteiger charge is -2.36. The van der Waals surface area contributed by atoms with E-state index in [1.807, 2.05) is 24.3 Å². The number of nitrogen functional groups attached to an aromatic ring is 1. The lowest BCUT2D eigenvalue weighted by molar-refractivity contribution is -0.130. The maximum absolute atomic E-state index is 12.3. The van der Waals surface area contributed by atoms with E-state index >= 15 is 0 Å². The molecule has 3 rings (SSSR count). The highest BCUT2D eigenvalue weighted by Gasteiger charge is 2.29. The molecule has 0 spiro atoms. The molecule has 0 bridgehead atoms. The van der Waals surface area contributed by atoms with E-state index in [0.29, 0.717) is 11.6 Å². The number of carbonyl (C=O) groups excluding carboxylic acids is 1. The van der Waals surface area contributed by atoms with Crippen molar-refractivity contribution in [2.24, 2.45) is 0 Å². The van der Waals surface area contributed by atoms with Crippen LogP contribution in [0.25, 0.3) is 11.1 Å². The Kier molecular flexibility index (Phi) is 5.74. The molecular formula is C19H24ClN5O. The van der Waals surface area contributed by atoms with E-state index in [4.69, 9.17) is 17.3 Å². The number of likely N-dealkylation sites (N-methyl/N-ethyl adjacent to an activating group) is 1. The summed E-state index contributed by atoms with van der Waals surface area (Å²) >= 11 is 6.02. The number of aromatic nitrogens is 2. The Balaban J connectivity index is 1.98. The number of hydrogen-bond donors (Lipinski definition) is 1. The van der Waals surface area contributed by atoms with Gasteiger partial charge in [0.2, 0.25) is 11.9 Å². The van der Waals surface area contributed by atoms with Crippen LogP contribution in [0.3, 0.4) is 0 Å². The summed E-state index contributed by atoms with van der Waals surface area (Å²) in [5, 5.41) is 0.683. The van der Waals surface area contributed by atoms with E-state index in [1.165, 1.54) is 0 Å². The number of amides is 1. The first-order valence-electron chi connectivity index (χ1n) is 8.78. The highest BCUT2D eigenvalue weighted by Crippen LogP contribution is 2.36. The number of nitrogens with two attached hydrogens (primary N) is 1. The van der Waals surface area contributed by atoms with Crippen molar-refractivity contribution in [2.75, 3.05) is 32.9 Å². The molecule has 2 aromatic rings. The van der Waals surface area contributed by atoms with Gasteiger partial charge in [-0.2, -0.15) is 0 Å². The van der Waals surface area contributed by atoms with E-state index < -0.39 is 0 Å². The van der Waals surface area contributed by atoms with Gasteiger partial charge in [0, 0.05) is 30.9 Å². The van der Waals surface area contributed by atoms with Gasteiger partial charge >= 0.3 is 0 Å². The lowest BCUT2D eigenvalue weighted by atomic mass is 9.94. The summed E-state index contributed by atoms with van der Waals surface area (Å²) in [5.74, 6) is 0.342. The van der Waals surface area contributed by atoms with Gasteiger partial charge in [-0.25, -0.2) is 9.97 Å². The maximum Gasteiger partial charge on any atom is 0.236 e. The fourth-order valence-electron chi connectivity index (χ4n) is 3.32. The summed E-state index contributed by atoms with van der Waals surface area (Å²) in [7, 11) is 3.56. The summed E-state index contributed by atoms with van der Waals surface area (Å²) in [6, 6.07) is 7.66. The highest BCUT2D eigenvalue weighted by atomic mass is 35.5. The molecule has 0 saturated carbocycles. The standard InChI is InChI=1S/C19H24ClN5O/c1-24(2)17(26)12-25-10-4-3-5-16(25)18-15(11-22-19(21)23-18)13-6-8-14(20)9-7-13/h6-9,11,16H,3-5,10,12H2,1-2H3,(H2,21,22,23). The molecule has 1 aliphatic heterocycles. The quantitative estimate of drug-likeness (QED) is 0.891. The van der Waals surface area contributed by atoms with Gasteiger partial charge in [0.05, 0.1) is 18.3 Å². The van der Waals surface area contributed by atoms with Crippen molar-refractivity contribution in [3.8, 4) is 11.1 Å². The first-order valence-corrected chi connectivity index (χ1v) is 9.16. The van der Waals surface area contributed by atoms with Crippen molar-refractivity contribution in [2.45, 2.75) is 25.3 Å². The Hall–Kier alpha value is -2.18. The van der Waals surface area contributed by atoms with Gasteiger partial charge in [-0.05, 0) is 37.1 Å². The zero-order valence-corrected chi connectivity index (χ0v) is 15.9. The second-order valence-corrected chi connectivity index (χ2v) is 7.24. The van der Waals surface area contributed by atoms with Gasteiger partial charge in [-0.1, -0.05) is 30.2 Å². The largest absolute Gasteiger partial charge is 0.368 e. The molecular weight excluding hydrogens is 350 g/mol. The minimum Gasteiger partial charge on any atom is -0.368 e. The van der Waals surface area contributed by atoms with E-state index in [1.54, 1.807) is 25.2 Å². The van der Waals surface area contributed by atoms with Crippen LogP contribution in [0.15, 0.2) is 30.5 Å². The lowest BCUT2D eigenvalue weighted by Crippen LogP contribution is -2.41. The van der Waals surface area contributed by atoms with E-state index in [0.717, 1.165) is 42.6 Å². The van der Waals surface area contributed by atoms with Crippen LogP contribution in [0.2, 0.25) is 5.02 Å². The Morgan fingerprint density at radius 3 is 2.73 bits per heavy atom. The first-order chi connectivity index (χ1) is 12.5. The number of rotatable bonds is 4. The van der Waals surface area contributed by atoms with E-state index in [-0.39, 0.29) is 17.9 Å². The fraction of sp³-hybridized carbons (Fsp3) is 0.421. The van der Waals surface area contributed by atoms with Gasteiger partial charge in [0.1, 0.15) is 0 Å². The smallest absolute Gasteiger partial charge is 0.236 e. The molecule has 6 nitrogen and oxygen atoms in total. The zero-order chi connectivity index (χ0) is 18.7. The van der Waals surface area contributed by atoms with Crippen LogP contribution in [0.1, 0.15) is 31.0 Å². The van der Waals surface area contributed by atoms with Gasteiger partial charge in [-0.15, -0.1) is 0 Å². The van der Waals surface area contributed by atoms with Gasteiger partial charge in [0.15, 0.2) is 0 Å². The molecule has 1 aliphatic rings. The van der Waals surface area contributed by atoms with Crippen molar-refractivity contribution < 1.29 is 4.79 Å². The van der Waals surface area contributed by atoms with Crippen LogP contribution in [0, 0.1) is 0 Å². The number of carbonyl (C=O) groups is 1. The molecule has 1 aromatic heterocycles. The van der Waals surface area contributed by atoms with Crippen molar-refractivity contribution in [3.05, 3.63) is 41.2 Å². The molecule has 26 heavy (non-hydrogen) atoms. The van der Waals surface area contributed by atoms with Gasteiger partial charge in [-0.3, -0.25) is 9.69 Å². The molecule has 1 amide bonds. The molecule has 1 aromatic carbocycles. The second-order valence-electron chi connectivity index (χ2n) is 6.80. The fourth-order valence-corrected chi connectivity index (χ4v) is 3.45. The third kappa shape index (κ3) is 4.14. The minimum atomic E-state index is 0.0450. The zero-order valence-electron chi connectivity index (χ0n) is 15.2. The Bertz CT molecular complexity index is 778. The molecule has 0 radical (unpaired) electrons. The van der Waals surface area contributed by atoms with Crippen LogP contribution in [-0.2, 0) is 4.79 Å². The summed E-state index contributed by atoms with van der Waals surface area (Å²) in [6.45, 7) is 1.25. The molecule has 0 aliphatic carbocycles. The topological polar surface area (TPSA) is 75.4 Å². The first kappa shape index (κ1) is 18.6. The van der Waals surface area contributed by atoms with Crippen molar-refractivity contribution in [1.82, 2.24) is 19.8 Å². The second kappa shape index (κ2) is 8.01. The monoisotopic (exact) mass is 373 g/mol. The number of halogens is 1. The average molecular weight is 374 g/mol. The van der Waals surface area contributed by atoms with Crippen LogP contribution >= 0.6 is 11.6 Å². The number of benzene rings is 1. The van der Waals surface area contributed by atoms with Crippen molar-refractivity contribution in [3.63, 3.8) is 0 Å². The minimum absolute atomic E-state index is 0.0450. The van der Waals surface area contributed by atoms with Crippen LogP contribution < -0.4 is 5.73 Å². The summed E-state index contributed by atoms with van der Waals surface area (Å²) in [5.41, 5.74) is 8.70. The molecule has 1 atom stereocenters. The van der Waals surface area contributed by atoms with Crippen molar-refractivity contribution in [1.29, 1.82) is 0 Å². The van der Waals surface area contributed by atoms with Crippen LogP contribution in [0.4, 0.5) is 5.95 Å². The average Bonchev–Trinajstić information content (AvgIpc) is 2.63. The molecule has 7 heteroatoms. The number of hydrogen-bond acceptors (Lipinski definition) is 5. The third-order valence-corrected chi connectivity index (χ3v) is 5.01. The molecule has 138 valence electrons. The van der Waals surface area contributed by atoms with Crippen LogP contribution in [-0.4, -0.2) is 52.9 Å². The van der Waals surface area contributed by atoms with Crippen molar-refractivity contribution >= 4 is 23.5 Å². The molecule has 2 N–H and O–H groups in total. The van der Waals surface area contributed by atoms with E-state index in [9.17, 15) is 4.79 Å².